The number of hydrogen-bond donors (Lipinski definition) is 3. The topological polar surface area (TPSA) is 129 Å². The van der Waals surface area contributed by atoms with Crippen LogP contribution in [0.4, 0.5) is 5.69 Å². The van der Waals surface area contributed by atoms with E-state index in [1.807, 2.05) is 6.07 Å². The molecule has 0 saturated carbocycles. The average molecular weight is 313 g/mol. The van der Waals surface area contributed by atoms with E-state index >= 15 is 0 Å². The van der Waals surface area contributed by atoms with E-state index in [4.69, 9.17) is 10.00 Å². The van der Waals surface area contributed by atoms with Gasteiger partial charge in [0.1, 0.15) is 24.0 Å². The van der Waals surface area contributed by atoms with Crippen molar-refractivity contribution in [2.45, 2.75) is 6.92 Å². The van der Waals surface area contributed by atoms with E-state index in [0.29, 0.717) is 18.9 Å². The van der Waals surface area contributed by atoms with E-state index in [9.17, 15) is 4.79 Å². The summed E-state index contributed by atoms with van der Waals surface area (Å²) in [7, 11) is 0. The second-order valence-corrected chi connectivity index (χ2v) is 4.41. The number of ether oxygens (including phenoxy) is 1. The number of aromatic nitrogens is 4. The molecule has 1 aromatic heterocycles. The minimum absolute atomic E-state index is 0.0881. The third-order valence-electron chi connectivity index (χ3n) is 2.69. The summed E-state index contributed by atoms with van der Waals surface area (Å²) in [6, 6.07) is 9.15. The van der Waals surface area contributed by atoms with Gasteiger partial charge in [0.2, 0.25) is 11.7 Å². The summed E-state index contributed by atoms with van der Waals surface area (Å²) in [4.78, 5) is 10.7. The van der Waals surface area contributed by atoms with Crippen molar-refractivity contribution in [2.75, 3.05) is 18.5 Å². The Morgan fingerprint density at radius 1 is 1.43 bits per heavy atom. The van der Waals surface area contributed by atoms with Gasteiger partial charge in [0.15, 0.2) is 0 Å². The number of carbonyl (C=O) groups excluding carboxylic acids is 1. The number of tetrazole rings is 1. The van der Waals surface area contributed by atoms with Gasteiger partial charge in [0.05, 0.1) is 6.54 Å². The van der Waals surface area contributed by atoms with Crippen LogP contribution in [0.2, 0.25) is 0 Å². The Labute approximate surface area is 132 Å². The van der Waals surface area contributed by atoms with Crippen LogP contribution in [0.15, 0.2) is 30.5 Å². The lowest BCUT2D eigenvalue weighted by Crippen LogP contribution is -2.25. The van der Waals surface area contributed by atoms with Gasteiger partial charge in [-0.25, -0.2) is 0 Å². The number of benzene rings is 1. The monoisotopic (exact) mass is 313 g/mol. The molecular formula is C14H15N7O2. The predicted octanol–water partition coefficient (Wildman–Crippen LogP) is 0.691. The fourth-order valence-electron chi connectivity index (χ4n) is 1.62. The molecule has 1 aromatic carbocycles. The smallest absolute Gasteiger partial charge is 0.216 e. The van der Waals surface area contributed by atoms with Gasteiger partial charge in [0.25, 0.3) is 0 Å². The molecule has 0 aliphatic rings. The van der Waals surface area contributed by atoms with Crippen LogP contribution in [0.25, 0.3) is 5.57 Å². The molecule has 3 N–H and O–H groups in total. The molecule has 0 aliphatic heterocycles. The normalized spacial score (nSPS) is 10.7. The Bertz CT molecular complexity index is 702. The van der Waals surface area contributed by atoms with Crippen LogP contribution in [0, 0.1) is 11.3 Å². The van der Waals surface area contributed by atoms with Crippen LogP contribution in [0.1, 0.15) is 12.7 Å². The van der Waals surface area contributed by atoms with Crippen LogP contribution in [-0.4, -0.2) is 39.7 Å². The number of anilines is 1. The Hall–Kier alpha value is -3.41. The molecule has 0 unspecified atom stereocenters. The standard InChI is InChI=1S/C14H15N7O2/c1-10(22)16-6-7-23-13-4-2-12(3-5-13)17-9-11(8-15)14-18-20-21-19-14/h2-5,9,17H,6-7H2,1H3,(H,16,22)(H,18,19,20,21). The van der Waals surface area contributed by atoms with Gasteiger partial charge in [0, 0.05) is 18.8 Å². The zero-order chi connectivity index (χ0) is 16.5. The van der Waals surface area contributed by atoms with Gasteiger partial charge in [-0.3, -0.25) is 4.79 Å². The summed E-state index contributed by atoms with van der Waals surface area (Å²) >= 11 is 0. The molecule has 9 nitrogen and oxygen atoms in total. The predicted molar refractivity (Wildman–Crippen MR) is 82.0 cm³/mol. The Morgan fingerprint density at radius 3 is 2.83 bits per heavy atom. The van der Waals surface area contributed by atoms with Crippen molar-refractivity contribution in [1.82, 2.24) is 25.9 Å². The molecule has 2 aromatic rings. The van der Waals surface area contributed by atoms with Gasteiger partial charge in [-0.05, 0) is 29.5 Å². The molecule has 118 valence electrons. The molecular weight excluding hydrogens is 298 g/mol. The van der Waals surface area contributed by atoms with Crippen LogP contribution in [-0.2, 0) is 4.79 Å². The first-order chi connectivity index (χ1) is 11.2. The van der Waals surface area contributed by atoms with E-state index < -0.39 is 0 Å². The molecule has 9 heteroatoms. The molecule has 0 radical (unpaired) electrons. The minimum Gasteiger partial charge on any atom is -0.492 e. The highest BCUT2D eigenvalue weighted by molar-refractivity contribution is 5.74. The molecule has 1 amide bonds. The Balaban J connectivity index is 1.87. The van der Waals surface area contributed by atoms with Crippen LogP contribution >= 0.6 is 0 Å². The van der Waals surface area contributed by atoms with Crippen molar-refractivity contribution >= 4 is 17.2 Å². The van der Waals surface area contributed by atoms with Gasteiger partial charge >= 0.3 is 0 Å². The van der Waals surface area contributed by atoms with Crippen molar-refractivity contribution in [3.05, 3.63) is 36.3 Å². The van der Waals surface area contributed by atoms with Crippen molar-refractivity contribution in [3.8, 4) is 11.8 Å². The third-order valence-corrected chi connectivity index (χ3v) is 2.69. The Morgan fingerprint density at radius 2 is 2.22 bits per heavy atom. The SMILES string of the molecule is CC(=O)NCCOc1ccc(NC=C(C#N)c2nn[nH]n2)cc1. The maximum absolute atomic E-state index is 10.7. The van der Waals surface area contributed by atoms with Crippen molar-refractivity contribution < 1.29 is 9.53 Å². The molecule has 0 bridgehead atoms. The van der Waals surface area contributed by atoms with Crippen LogP contribution < -0.4 is 15.4 Å². The fourth-order valence-corrected chi connectivity index (χ4v) is 1.62. The number of nitrogens with zero attached hydrogens (tertiary/aromatic N) is 4. The summed E-state index contributed by atoms with van der Waals surface area (Å²) in [5, 5.41) is 27.8. The van der Waals surface area contributed by atoms with E-state index in [2.05, 4.69) is 31.3 Å². The van der Waals surface area contributed by atoms with Crippen molar-refractivity contribution in [1.29, 1.82) is 5.26 Å². The number of H-pyrrole nitrogens is 1. The van der Waals surface area contributed by atoms with E-state index in [1.165, 1.54) is 13.1 Å². The number of hydrogen-bond acceptors (Lipinski definition) is 7. The highest BCUT2D eigenvalue weighted by Crippen LogP contribution is 2.16. The maximum atomic E-state index is 10.7. The summed E-state index contributed by atoms with van der Waals surface area (Å²) in [5.74, 6) is 0.816. The summed E-state index contributed by atoms with van der Waals surface area (Å²) in [6.07, 6.45) is 1.50. The fraction of sp³-hybridized carbons (Fsp3) is 0.214. The van der Waals surface area contributed by atoms with Gasteiger partial charge < -0.3 is 15.4 Å². The summed E-state index contributed by atoms with van der Waals surface area (Å²) in [5.41, 5.74) is 1.03. The maximum Gasteiger partial charge on any atom is 0.216 e. The van der Waals surface area contributed by atoms with Gasteiger partial charge in [-0.2, -0.15) is 10.5 Å². The van der Waals surface area contributed by atoms with Crippen LogP contribution in [0.3, 0.4) is 0 Å². The first kappa shape index (κ1) is 16.0. The molecule has 23 heavy (non-hydrogen) atoms. The van der Waals surface area contributed by atoms with Crippen molar-refractivity contribution in [2.24, 2.45) is 0 Å². The minimum atomic E-state index is -0.0881. The van der Waals surface area contributed by atoms with E-state index in [0.717, 1.165) is 5.69 Å². The molecule has 2 rings (SSSR count). The zero-order valence-electron chi connectivity index (χ0n) is 12.4. The second kappa shape index (κ2) is 8.14. The van der Waals surface area contributed by atoms with E-state index in [1.54, 1.807) is 24.3 Å². The average Bonchev–Trinajstić information content (AvgIpc) is 3.08. The van der Waals surface area contributed by atoms with E-state index in [-0.39, 0.29) is 17.3 Å². The number of aromatic amines is 1. The number of carbonyl (C=O) groups is 1. The number of nitriles is 1. The van der Waals surface area contributed by atoms with Crippen molar-refractivity contribution in [3.63, 3.8) is 0 Å². The summed E-state index contributed by atoms with van der Waals surface area (Å²) < 4.78 is 5.47. The largest absolute Gasteiger partial charge is 0.492 e. The molecule has 1 heterocycles. The molecule has 0 fully saturated rings. The molecule has 0 aliphatic carbocycles. The Kier molecular flexibility index (Phi) is 5.65. The second-order valence-electron chi connectivity index (χ2n) is 4.41. The number of amides is 1. The number of rotatable bonds is 7. The number of allylic oxidation sites excluding steroid dienone is 1. The lowest BCUT2D eigenvalue weighted by atomic mass is 10.3. The molecule has 0 saturated heterocycles. The van der Waals surface area contributed by atoms with Crippen LogP contribution in [0.5, 0.6) is 5.75 Å². The zero-order valence-corrected chi connectivity index (χ0v) is 12.4. The third kappa shape index (κ3) is 5.13. The first-order valence-electron chi connectivity index (χ1n) is 6.77. The first-order valence-corrected chi connectivity index (χ1v) is 6.77. The highest BCUT2D eigenvalue weighted by atomic mass is 16.5. The lowest BCUT2D eigenvalue weighted by Gasteiger charge is -2.07. The highest BCUT2D eigenvalue weighted by Gasteiger charge is 2.05. The van der Waals surface area contributed by atoms with Gasteiger partial charge in [-0.15, -0.1) is 10.2 Å². The summed E-state index contributed by atoms with van der Waals surface area (Å²) in [6.45, 7) is 2.30. The molecule has 0 spiro atoms. The molecule has 0 atom stereocenters. The quantitative estimate of drug-likeness (QED) is 0.506. The van der Waals surface area contributed by atoms with Gasteiger partial charge in [-0.1, -0.05) is 0 Å². The lowest BCUT2D eigenvalue weighted by molar-refractivity contribution is -0.119. The number of nitrogens with one attached hydrogen (secondary N) is 3.